The summed E-state index contributed by atoms with van der Waals surface area (Å²) in [6.45, 7) is 1.76. The number of nitrogen functional groups attached to an aromatic ring is 1. The van der Waals surface area contributed by atoms with Crippen LogP contribution in [0.25, 0.3) is 0 Å². The van der Waals surface area contributed by atoms with Gasteiger partial charge in [-0.3, -0.25) is 4.79 Å². The van der Waals surface area contributed by atoms with E-state index in [1.807, 2.05) is 0 Å². The van der Waals surface area contributed by atoms with E-state index in [1.165, 1.54) is 18.3 Å². The van der Waals surface area contributed by atoms with E-state index in [9.17, 15) is 9.18 Å². The maximum absolute atomic E-state index is 12.7. The minimum atomic E-state index is -0.596. The Bertz CT molecular complexity index is 629. The van der Waals surface area contributed by atoms with Crippen molar-refractivity contribution in [2.24, 2.45) is 0 Å². The first-order valence-electron chi connectivity index (χ1n) is 5.46. The number of nitrogens with one attached hydrogen (secondary N) is 1. The van der Waals surface area contributed by atoms with E-state index in [1.54, 1.807) is 19.1 Å². The Morgan fingerprint density at radius 2 is 2.16 bits per heavy atom. The van der Waals surface area contributed by atoms with Gasteiger partial charge in [-0.1, -0.05) is 15.9 Å². The highest BCUT2D eigenvalue weighted by Gasteiger charge is 2.12. The van der Waals surface area contributed by atoms with Gasteiger partial charge in [0.1, 0.15) is 0 Å². The number of benzene rings is 1. The SMILES string of the molecule is Cc1c(N)cc(Br)cc1C(=O)Nc1ccc(F)nc1. The lowest BCUT2D eigenvalue weighted by atomic mass is 10.1. The third-order valence-corrected chi connectivity index (χ3v) is 3.10. The van der Waals surface area contributed by atoms with Gasteiger partial charge in [0.2, 0.25) is 5.95 Å². The number of rotatable bonds is 2. The van der Waals surface area contributed by atoms with Gasteiger partial charge in [-0.2, -0.15) is 4.39 Å². The molecule has 1 heterocycles. The molecule has 2 rings (SSSR count). The average Bonchev–Trinajstić information content (AvgIpc) is 2.36. The summed E-state index contributed by atoms with van der Waals surface area (Å²) in [4.78, 5) is 15.6. The molecule has 1 aromatic heterocycles. The Morgan fingerprint density at radius 3 is 2.79 bits per heavy atom. The molecule has 0 saturated heterocycles. The first-order valence-corrected chi connectivity index (χ1v) is 6.25. The van der Waals surface area contributed by atoms with E-state index >= 15 is 0 Å². The Hall–Kier alpha value is -1.95. The van der Waals surface area contributed by atoms with Crippen molar-refractivity contribution in [3.8, 4) is 0 Å². The summed E-state index contributed by atoms with van der Waals surface area (Å²) in [5, 5.41) is 2.64. The third kappa shape index (κ3) is 3.08. The molecule has 0 aliphatic rings. The number of carbonyl (C=O) groups is 1. The highest BCUT2D eigenvalue weighted by molar-refractivity contribution is 9.10. The molecule has 0 fully saturated rings. The quantitative estimate of drug-likeness (QED) is 0.659. The van der Waals surface area contributed by atoms with Crippen molar-refractivity contribution in [1.29, 1.82) is 0 Å². The molecule has 0 atom stereocenters. The van der Waals surface area contributed by atoms with Crippen molar-refractivity contribution < 1.29 is 9.18 Å². The number of nitrogens with two attached hydrogens (primary N) is 1. The zero-order valence-corrected chi connectivity index (χ0v) is 11.7. The van der Waals surface area contributed by atoms with Crippen molar-refractivity contribution in [1.82, 2.24) is 4.98 Å². The molecule has 0 aliphatic carbocycles. The summed E-state index contributed by atoms with van der Waals surface area (Å²) in [5.74, 6) is -0.917. The fourth-order valence-corrected chi connectivity index (χ4v) is 2.06. The normalized spacial score (nSPS) is 10.3. The largest absolute Gasteiger partial charge is 0.398 e. The Morgan fingerprint density at radius 1 is 1.42 bits per heavy atom. The highest BCUT2D eigenvalue weighted by Crippen LogP contribution is 2.23. The molecule has 0 radical (unpaired) electrons. The minimum absolute atomic E-state index is 0.320. The molecule has 98 valence electrons. The molecular formula is C13H11BrFN3O. The number of hydrogen-bond acceptors (Lipinski definition) is 3. The number of halogens is 2. The fraction of sp³-hybridized carbons (Fsp3) is 0.0769. The molecule has 0 saturated carbocycles. The zero-order chi connectivity index (χ0) is 14.0. The van der Waals surface area contributed by atoms with Crippen LogP contribution in [0.15, 0.2) is 34.9 Å². The lowest BCUT2D eigenvalue weighted by molar-refractivity contribution is 0.102. The van der Waals surface area contributed by atoms with E-state index in [-0.39, 0.29) is 5.91 Å². The van der Waals surface area contributed by atoms with Crippen molar-refractivity contribution in [2.45, 2.75) is 6.92 Å². The van der Waals surface area contributed by atoms with E-state index < -0.39 is 5.95 Å². The van der Waals surface area contributed by atoms with Gasteiger partial charge in [0, 0.05) is 15.7 Å². The van der Waals surface area contributed by atoms with Crippen LogP contribution in [-0.4, -0.2) is 10.9 Å². The summed E-state index contributed by atoms with van der Waals surface area (Å²) in [5.41, 5.74) is 7.89. The Labute approximate surface area is 118 Å². The van der Waals surface area contributed by atoms with E-state index in [0.717, 1.165) is 4.47 Å². The Kier molecular flexibility index (Phi) is 3.80. The summed E-state index contributed by atoms with van der Waals surface area (Å²) in [6.07, 6.45) is 1.25. The number of nitrogens with zero attached hydrogens (tertiary/aromatic N) is 1. The molecule has 3 N–H and O–H groups in total. The van der Waals surface area contributed by atoms with Crippen molar-refractivity contribution in [3.63, 3.8) is 0 Å². The van der Waals surface area contributed by atoms with E-state index in [0.29, 0.717) is 22.5 Å². The summed E-state index contributed by atoms with van der Waals surface area (Å²) < 4.78 is 13.4. The Balaban J connectivity index is 2.27. The number of amides is 1. The average molecular weight is 324 g/mol. The molecule has 19 heavy (non-hydrogen) atoms. The zero-order valence-electron chi connectivity index (χ0n) is 10.1. The molecular weight excluding hydrogens is 313 g/mol. The van der Waals surface area contributed by atoms with Crippen molar-refractivity contribution in [3.05, 3.63) is 52.0 Å². The van der Waals surface area contributed by atoms with Crippen molar-refractivity contribution in [2.75, 3.05) is 11.1 Å². The summed E-state index contributed by atoms with van der Waals surface area (Å²) in [7, 11) is 0. The third-order valence-electron chi connectivity index (χ3n) is 2.64. The van der Waals surface area contributed by atoms with Crippen LogP contribution in [0.2, 0.25) is 0 Å². The van der Waals surface area contributed by atoms with E-state index in [2.05, 4.69) is 26.2 Å². The van der Waals surface area contributed by atoms with Crippen LogP contribution in [0.3, 0.4) is 0 Å². The van der Waals surface area contributed by atoms with Gasteiger partial charge < -0.3 is 11.1 Å². The second-order valence-corrected chi connectivity index (χ2v) is 4.91. The first kappa shape index (κ1) is 13.5. The summed E-state index contributed by atoms with van der Waals surface area (Å²) in [6, 6.07) is 6.03. The predicted octanol–water partition coefficient (Wildman–Crippen LogP) is 3.13. The van der Waals surface area contributed by atoms with Gasteiger partial charge in [-0.15, -0.1) is 0 Å². The molecule has 2 aromatic rings. The van der Waals surface area contributed by atoms with Gasteiger partial charge in [-0.05, 0) is 36.8 Å². The van der Waals surface area contributed by atoms with Crippen LogP contribution in [-0.2, 0) is 0 Å². The lowest BCUT2D eigenvalue weighted by Gasteiger charge is -2.10. The minimum Gasteiger partial charge on any atom is -0.398 e. The number of pyridine rings is 1. The first-order chi connectivity index (χ1) is 8.97. The monoisotopic (exact) mass is 323 g/mol. The maximum Gasteiger partial charge on any atom is 0.256 e. The molecule has 4 nitrogen and oxygen atoms in total. The predicted molar refractivity (Wildman–Crippen MR) is 75.4 cm³/mol. The van der Waals surface area contributed by atoms with Gasteiger partial charge in [0.05, 0.1) is 11.9 Å². The van der Waals surface area contributed by atoms with Crippen LogP contribution in [0.4, 0.5) is 15.8 Å². The van der Waals surface area contributed by atoms with Crippen LogP contribution in [0, 0.1) is 12.9 Å². The van der Waals surface area contributed by atoms with Crippen molar-refractivity contribution >= 4 is 33.2 Å². The molecule has 0 spiro atoms. The summed E-state index contributed by atoms with van der Waals surface area (Å²) >= 11 is 3.29. The molecule has 1 aromatic carbocycles. The van der Waals surface area contributed by atoms with Gasteiger partial charge in [-0.25, -0.2) is 4.98 Å². The second-order valence-electron chi connectivity index (χ2n) is 3.99. The maximum atomic E-state index is 12.7. The van der Waals surface area contributed by atoms with Crippen LogP contribution in [0.5, 0.6) is 0 Å². The van der Waals surface area contributed by atoms with Gasteiger partial charge >= 0.3 is 0 Å². The topological polar surface area (TPSA) is 68.0 Å². The number of aromatic nitrogens is 1. The molecule has 0 bridgehead atoms. The number of carbonyl (C=O) groups excluding carboxylic acids is 1. The second kappa shape index (κ2) is 5.36. The molecule has 0 aliphatic heterocycles. The van der Waals surface area contributed by atoms with Crippen LogP contribution < -0.4 is 11.1 Å². The van der Waals surface area contributed by atoms with Crippen LogP contribution >= 0.6 is 15.9 Å². The lowest BCUT2D eigenvalue weighted by Crippen LogP contribution is -2.14. The smallest absolute Gasteiger partial charge is 0.256 e. The molecule has 6 heteroatoms. The standard InChI is InChI=1S/C13H11BrFN3O/c1-7-10(4-8(14)5-11(7)16)13(19)18-9-2-3-12(15)17-6-9/h2-6H,16H2,1H3,(H,18,19). The fourth-order valence-electron chi connectivity index (χ4n) is 1.58. The molecule has 1 amide bonds. The highest BCUT2D eigenvalue weighted by atomic mass is 79.9. The van der Waals surface area contributed by atoms with Gasteiger partial charge in [0.25, 0.3) is 5.91 Å². The van der Waals surface area contributed by atoms with Crippen LogP contribution in [0.1, 0.15) is 15.9 Å². The van der Waals surface area contributed by atoms with Gasteiger partial charge in [0.15, 0.2) is 0 Å². The molecule has 0 unspecified atom stereocenters. The van der Waals surface area contributed by atoms with E-state index in [4.69, 9.17) is 5.73 Å². The number of anilines is 2. The number of hydrogen-bond donors (Lipinski definition) is 2.